The summed E-state index contributed by atoms with van der Waals surface area (Å²) in [4.78, 5) is 21.0. The lowest BCUT2D eigenvalue weighted by Gasteiger charge is -2.10. The molecule has 20 heavy (non-hydrogen) atoms. The predicted molar refractivity (Wildman–Crippen MR) is 75.0 cm³/mol. The molecule has 0 saturated carbocycles. The van der Waals surface area contributed by atoms with Gasteiger partial charge in [0.25, 0.3) is 5.69 Å². The molecule has 0 aliphatic heterocycles. The fourth-order valence-corrected chi connectivity index (χ4v) is 1.85. The molecule has 0 saturated heterocycles. The number of rotatable bonds is 4. The fraction of sp³-hybridized carbons (Fsp3) is 0. The number of nitro groups is 1. The van der Waals surface area contributed by atoms with E-state index in [9.17, 15) is 14.9 Å². The number of nitro benzene ring substituents is 1. The number of carbonyl (C=O) groups excluding carboxylic acids is 1. The van der Waals surface area contributed by atoms with Crippen molar-refractivity contribution in [1.82, 2.24) is 0 Å². The monoisotopic (exact) mass is 311 g/mol. The molecule has 0 bridgehead atoms. The molecule has 2 aromatic carbocycles. The van der Waals surface area contributed by atoms with Crippen molar-refractivity contribution in [3.05, 3.63) is 62.1 Å². The first-order valence-electron chi connectivity index (χ1n) is 5.38. The van der Waals surface area contributed by atoms with Gasteiger partial charge < -0.3 is 4.74 Å². The number of hydrogen-bond acceptors (Lipinski definition) is 4. The van der Waals surface area contributed by atoms with Gasteiger partial charge in [-0.25, -0.2) is 0 Å². The molecule has 0 amide bonds. The molecule has 0 fully saturated rings. The first kappa shape index (κ1) is 14.3. The number of non-ortho nitro benzene ring substituents is 1. The molecular weight excluding hydrogens is 305 g/mol. The van der Waals surface area contributed by atoms with Crippen molar-refractivity contribution < 1.29 is 14.5 Å². The van der Waals surface area contributed by atoms with E-state index in [1.165, 1.54) is 12.1 Å². The second-order valence-corrected chi connectivity index (χ2v) is 4.54. The van der Waals surface area contributed by atoms with Gasteiger partial charge in [-0.3, -0.25) is 14.9 Å². The topological polar surface area (TPSA) is 69.4 Å². The van der Waals surface area contributed by atoms with Gasteiger partial charge in [-0.2, -0.15) is 0 Å². The third-order valence-electron chi connectivity index (χ3n) is 2.47. The zero-order valence-corrected chi connectivity index (χ0v) is 11.4. The molecule has 0 atom stereocenters. The van der Waals surface area contributed by atoms with Gasteiger partial charge in [-0.15, -0.1) is 0 Å². The minimum absolute atomic E-state index is 0.0512. The summed E-state index contributed by atoms with van der Waals surface area (Å²) in [6.45, 7) is 0. The molecule has 0 N–H and O–H groups in total. The van der Waals surface area contributed by atoms with Crippen LogP contribution in [-0.4, -0.2) is 11.2 Å². The molecule has 0 aliphatic carbocycles. The van der Waals surface area contributed by atoms with E-state index in [4.69, 9.17) is 27.9 Å². The maximum Gasteiger partial charge on any atom is 0.270 e. The van der Waals surface area contributed by atoms with Crippen LogP contribution < -0.4 is 4.74 Å². The minimum Gasteiger partial charge on any atom is -0.455 e. The van der Waals surface area contributed by atoms with E-state index in [2.05, 4.69) is 0 Å². The van der Waals surface area contributed by atoms with E-state index in [-0.39, 0.29) is 27.8 Å². The summed E-state index contributed by atoms with van der Waals surface area (Å²) in [5, 5.41) is 11.2. The first-order chi connectivity index (χ1) is 9.52. The molecule has 0 unspecified atom stereocenters. The van der Waals surface area contributed by atoms with E-state index >= 15 is 0 Å². The fourth-order valence-electron chi connectivity index (χ4n) is 1.52. The molecule has 0 aromatic heterocycles. The van der Waals surface area contributed by atoms with Crippen molar-refractivity contribution in [2.75, 3.05) is 0 Å². The summed E-state index contributed by atoms with van der Waals surface area (Å²) in [6, 6.07) is 8.49. The molecule has 0 heterocycles. The quantitative estimate of drug-likeness (QED) is 0.473. The molecule has 5 nitrogen and oxygen atoms in total. The van der Waals surface area contributed by atoms with E-state index in [0.717, 1.165) is 6.07 Å². The second-order valence-electron chi connectivity index (χ2n) is 3.75. The number of halogens is 2. The molecular formula is C13H7Cl2NO4. The zero-order valence-electron chi connectivity index (χ0n) is 9.88. The van der Waals surface area contributed by atoms with Crippen LogP contribution in [0.25, 0.3) is 0 Å². The van der Waals surface area contributed by atoms with Crippen molar-refractivity contribution in [2.45, 2.75) is 0 Å². The highest BCUT2D eigenvalue weighted by Gasteiger charge is 2.13. The SMILES string of the molecule is O=Cc1cc([N+](=O)[O-])ccc1Oc1cccc(Cl)c1Cl. The van der Waals surface area contributed by atoms with Gasteiger partial charge in [0.2, 0.25) is 0 Å². The van der Waals surface area contributed by atoms with Crippen molar-refractivity contribution >= 4 is 35.2 Å². The minimum atomic E-state index is -0.594. The zero-order chi connectivity index (χ0) is 14.7. The van der Waals surface area contributed by atoms with Crippen LogP contribution in [0.1, 0.15) is 10.4 Å². The van der Waals surface area contributed by atoms with Crippen molar-refractivity contribution in [3.63, 3.8) is 0 Å². The Bertz CT molecular complexity index is 688. The van der Waals surface area contributed by atoms with Gasteiger partial charge >= 0.3 is 0 Å². The highest BCUT2D eigenvalue weighted by Crippen LogP contribution is 2.36. The first-order valence-corrected chi connectivity index (χ1v) is 6.14. The maximum atomic E-state index is 11.0. The summed E-state index contributed by atoms with van der Waals surface area (Å²) in [5.74, 6) is 0.422. The molecule has 0 aliphatic rings. The molecule has 7 heteroatoms. The van der Waals surface area contributed by atoms with Crippen LogP contribution in [0.2, 0.25) is 10.0 Å². The third-order valence-corrected chi connectivity index (χ3v) is 3.27. The molecule has 0 radical (unpaired) electrons. The smallest absolute Gasteiger partial charge is 0.270 e. The number of hydrogen-bond donors (Lipinski definition) is 0. The number of aldehydes is 1. The third kappa shape index (κ3) is 2.89. The van der Waals surface area contributed by atoms with Crippen molar-refractivity contribution in [2.24, 2.45) is 0 Å². The van der Waals surface area contributed by atoms with Crippen molar-refractivity contribution in [3.8, 4) is 11.5 Å². The van der Waals surface area contributed by atoms with E-state index < -0.39 is 4.92 Å². The Morgan fingerprint density at radius 3 is 2.55 bits per heavy atom. The van der Waals surface area contributed by atoms with Crippen molar-refractivity contribution in [1.29, 1.82) is 0 Å². The number of ether oxygens (including phenoxy) is 1. The Labute approximate surface area is 123 Å². The van der Waals surface area contributed by atoms with Crippen LogP contribution in [0.5, 0.6) is 11.5 Å². The Morgan fingerprint density at radius 1 is 1.15 bits per heavy atom. The average Bonchev–Trinajstić information content (AvgIpc) is 2.44. The summed E-state index contributed by atoms with van der Waals surface area (Å²) in [6.07, 6.45) is 0.473. The van der Waals surface area contributed by atoms with Crippen LogP contribution >= 0.6 is 23.2 Å². The van der Waals surface area contributed by atoms with Gasteiger partial charge in [-0.05, 0) is 18.2 Å². The number of carbonyl (C=O) groups is 1. The Morgan fingerprint density at radius 2 is 1.90 bits per heavy atom. The van der Waals surface area contributed by atoms with Gasteiger partial charge in [-0.1, -0.05) is 29.3 Å². The number of nitrogens with zero attached hydrogens (tertiary/aromatic N) is 1. The molecule has 0 spiro atoms. The predicted octanol–water partition coefficient (Wildman–Crippen LogP) is 4.51. The summed E-state index contributed by atoms with van der Waals surface area (Å²) in [5.41, 5.74) is -0.146. The molecule has 2 aromatic rings. The Balaban J connectivity index is 2.41. The molecule has 102 valence electrons. The lowest BCUT2D eigenvalue weighted by Crippen LogP contribution is -1.94. The molecule has 2 rings (SSSR count). The van der Waals surface area contributed by atoms with Crippen LogP contribution in [0.4, 0.5) is 5.69 Å². The summed E-state index contributed by atoms with van der Waals surface area (Å²) in [7, 11) is 0. The van der Waals surface area contributed by atoms with E-state index in [1.807, 2.05) is 0 Å². The standard InChI is InChI=1S/C13H7Cl2NO4/c14-10-2-1-3-12(13(10)15)20-11-5-4-9(16(18)19)6-8(11)7-17/h1-7H. The normalized spacial score (nSPS) is 10.1. The Kier molecular flexibility index (Phi) is 4.22. The summed E-state index contributed by atoms with van der Waals surface area (Å²) >= 11 is 11.8. The lowest BCUT2D eigenvalue weighted by atomic mass is 10.2. The largest absolute Gasteiger partial charge is 0.455 e. The van der Waals surface area contributed by atoms with Crippen LogP contribution in [0.15, 0.2) is 36.4 Å². The van der Waals surface area contributed by atoms with E-state index in [1.54, 1.807) is 18.2 Å². The summed E-state index contributed by atoms with van der Waals surface area (Å²) < 4.78 is 5.48. The Hall–Kier alpha value is -2.11. The highest BCUT2D eigenvalue weighted by atomic mass is 35.5. The van der Waals surface area contributed by atoms with Gasteiger partial charge in [0.15, 0.2) is 6.29 Å². The lowest BCUT2D eigenvalue weighted by molar-refractivity contribution is -0.384. The van der Waals surface area contributed by atoms with Gasteiger partial charge in [0, 0.05) is 12.1 Å². The number of benzene rings is 2. The maximum absolute atomic E-state index is 11.0. The average molecular weight is 312 g/mol. The highest BCUT2D eigenvalue weighted by molar-refractivity contribution is 6.42. The van der Waals surface area contributed by atoms with Gasteiger partial charge in [0.1, 0.15) is 16.5 Å². The van der Waals surface area contributed by atoms with Gasteiger partial charge in [0.05, 0.1) is 15.5 Å². The van der Waals surface area contributed by atoms with Crippen LogP contribution in [0, 0.1) is 10.1 Å². The van der Waals surface area contributed by atoms with Crippen LogP contribution in [0.3, 0.4) is 0 Å². The second kappa shape index (κ2) is 5.90. The van der Waals surface area contributed by atoms with E-state index in [0.29, 0.717) is 11.3 Å². The van der Waals surface area contributed by atoms with Crippen LogP contribution in [-0.2, 0) is 0 Å².